The Kier molecular flexibility index (Phi) is 3.92. The van der Waals surface area contributed by atoms with Crippen LogP contribution in [0.25, 0.3) is 28.3 Å². The van der Waals surface area contributed by atoms with Gasteiger partial charge in [0, 0.05) is 5.56 Å². The molecule has 0 spiro atoms. The van der Waals surface area contributed by atoms with Crippen LogP contribution in [0.1, 0.15) is 11.1 Å². The lowest BCUT2D eigenvalue weighted by molar-refractivity contribution is 0.441. The van der Waals surface area contributed by atoms with Crippen LogP contribution in [0.3, 0.4) is 0 Å². The number of hydrogen-bond acceptors (Lipinski definition) is 4. The number of nitrogens with zero attached hydrogens (tertiary/aromatic N) is 2. The van der Waals surface area contributed by atoms with Gasteiger partial charge in [0.1, 0.15) is 16.6 Å². The molecule has 0 saturated carbocycles. The first-order valence-electron chi connectivity index (χ1n) is 6.96. The van der Waals surface area contributed by atoms with Crippen molar-refractivity contribution in [3.63, 3.8) is 0 Å². The number of hydrogen-bond donors (Lipinski definition) is 1. The molecule has 4 nitrogen and oxygen atoms in total. The molecule has 23 heavy (non-hydrogen) atoms. The van der Waals surface area contributed by atoms with Crippen LogP contribution in [-0.4, -0.2) is 10.1 Å². The molecule has 0 atom stereocenters. The molecule has 0 aliphatic heterocycles. The first-order valence-corrected chi connectivity index (χ1v) is 7.37. The number of fused-ring (bicyclic) bond motifs is 1. The van der Waals surface area contributed by atoms with Crippen LogP contribution < -0.4 is 5.73 Å². The number of nitrogens with two attached hydrogens (primary N) is 1. The highest BCUT2D eigenvalue weighted by Crippen LogP contribution is 2.30. The van der Waals surface area contributed by atoms with Gasteiger partial charge in [-0.25, -0.2) is 0 Å². The largest absolute Gasteiger partial charge is 0.389 e. The van der Waals surface area contributed by atoms with E-state index in [0.717, 1.165) is 22.0 Å². The van der Waals surface area contributed by atoms with Crippen LogP contribution in [0.15, 0.2) is 52.6 Å². The minimum atomic E-state index is 0.0803. The summed E-state index contributed by atoms with van der Waals surface area (Å²) in [6, 6.07) is 15.6. The Bertz CT molecular complexity index is 962. The van der Waals surface area contributed by atoms with Gasteiger partial charge in [-0.2, -0.15) is 5.26 Å². The number of aromatic nitrogens is 1. The summed E-state index contributed by atoms with van der Waals surface area (Å²) >= 11 is 4.87. The first kappa shape index (κ1) is 14.9. The molecule has 2 N–H and O–H groups in total. The second-order valence-electron chi connectivity index (χ2n) is 5.19. The van der Waals surface area contributed by atoms with Gasteiger partial charge in [0.05, 0.1) is 11.0 Å². The van der Waals surface area contributed by atoms with E-state index < -0.39 is 0 Å². The molecule has 1 aromatic heterocycles. The summed E-state index contributed by atoms with van der Waals surface area (Å²) in [6.07, 6.45) is 1.66. The summed E-state index contributed by atoms with van der Waals surface area (Å²) in [5.41, 5.74) is 9.51. The molecule has 0 fully saturated rings. The molecular formula is C18H13N3OS. The number of benzene rings is 2. The molecule has 0 aliphatic carbocycles. The lowest BCUT2D eigenvalue weighted by atomic mass is 10.0. The SMILES string of the molecule is Cc1ccc(-c2onc3ccc(/C=C(/C#N)C(N)=S)cc23)cc1. The summed E-state index contributed by atoms with van der Waals surface area (Å²) in [7, 11) is 0. The van der Waals surface area contributed by atoms with E-state index in [1.54, 1.807) is 6.08 Å². The second-order valence-corrected chi connectivity index (χ2v) is 5.63. The Morgan fingerprint density at radius 1 is 1.26 bits per heavy atom. The maximum Gasteiger partial charge on any atom is 0.174 e. The summed E-state index contributed by atoms with van der Waals surface area (Å²) < 4.78 is 5.49. The average molecular weight is 319 g/mol. The van der Waals surface area contributed by atoms with Crippen molar-refractivity contribution in [2.45, 2.75) is 6.92 Å². The van der Waals surface area contributed by atoms with Gasteiger partial charge in [-0.3, -0.25) is 0 Å². The van der Waals surface area contributed by atoms with Crippen molar-refractivity contribution in [2.75, 3.05) is 0 Å². The van der Waals surface area contributed by atoms with E-state index in [4.69, 9.17) is 27.7 Å². The topological polar surface area (TPSA) is 75.8 Å². The number of rotatable bonds is 3. The fourth-order valence-corrected chi connectivity index (χ4v) is 2.39. The van der Waals surface area contributed by atoms with Crippen molar-refractivity contribution in [3.8, 4) is 17.4 Å². The van der Waals surface area contributed by atoms with Crippen molar-refractivity contribution >= 4 is 34.2 Å². The minimum Gasteiger partial charge on any atom is -0.389 e. The van der Waals surface area contributed by atoms with Crippen molar-refractivity contribution in [1.82, 2.24) is 5.16 Å². The molecule has 1 heterocycles. The quantitative estimate of drug-likeness (QED) is 0.448. The predicted molar refractivity (Wildman–Crippen MR) is 94.6 cm³/mol. The molecule has 0 saturated heterocycles. The molecule has 112 valence electrons. The van der Waals surface area contributed by atoms with Crippen LogP contribution in [0.5, 0.6) is 0 Å². The van der Waals surface area contributed by atoms with Gasteiger partial charge in [-0.1, -0.05) is 53.3 Å². The highest BCUT2D eigenvalue weighted by molar-refractivity contribution is 7.80. The zero-order valence-corrected chi connectivity index (χ0v) is 13.2. The standard InChI is InChI=1S/C18H13N3OS/c1-11-2-5-13(6-3-11)17-15-9-12(4-7-16(15)21-22-17)8-14(10-19)18(20)23/h2-9H,1H3,(H2,20,23)/b14-8-. The Labute approximate surface area is 138 Å². The van der Waals surface area contributed by atoms with Crippen LogP contribution in [-0.2, 0) is 0 Å². The fraction of sp³-hybridized carbons (Fsp3) is 0.0556. The monoisotopic (exact) mass is 319 g/mol. The fourth-order valence-electron chi connectivity index (χ4n) is 2.29. The average Bonchev–Trinajstić information content (AvgIpc) is 2.96. The molecule has 5 heteroatoms. The van der Waals surface area contributed by atoms with E-state index in [0.29, 0.717) is 5.76 Å². The Morgan fingerprint density at radius 3 is 2.65 bits per heavy atom. The lowest BCUT2D eigenvalue weighted by Gasteiger charge is -2.00. The maximum absolute atomic E-state index is 9.07. The Balaban J connectivity index is 2.12. The van der Waals surface area contributed by atoms with E-state index in [2.05, 4.69) is 5.16 Å². The smallest absolute Gasteiger partial charge is 0.174 e. The van der Waals surface area contributed by atoms with Crippen LogP contribution in [0, 0.1) is 18.3 Å². The van der Waals surface area contributed by atoms with E-state index in [1.807, 2.05) is 55.5 Å². The zero-order valence-electron chi connectivity index (χ0n) is 12.4. The van der Waals surface area contributed by atoms with E-state index >= 15 is 0 Å². The van der Waals surface area contributed by atoms with Gasteiger partial charge in [-0.05, 0) is 30.7 Å². The summed E-state index contributed by atoms with van der Waals surface area (Å²) in [5.74, 6) is 0.698. The first-order chi connectivity index (χ1) is 11.1. The third-order valence-corrected chi connectivity index (χ3v) is 3.73. The van der Waals surface area contributed by atoms with E-state index in [1.165, 1.54) is 5.56 Å². The van der Waals surface area contributed by atoms with Crippen molar-refractivity contribution in [1.29, 1.82) is 5.26 Å². The second kappa shape index (κ2) is 6.03. The van der Waals surface area contributed by atoms with Crippen LogP contribution in [0.4, 0.5) is 0 Å². The van der Waals surface area contributed by atoms with Gasteiger partial charge in [0.2, 0.25) is 0 Å². The molecular weight excluding hydrogens is 306 g/mol. The van der Waals surface area contributed by atoms with Gasteiger partial charge in [0.15, 0.2) is 5.76 Å². The molecule has 0 amide bonds. The third-order valence-electron chi connectivity index (χ3n) is 3.51. The van der Waals surface area contributed by atoms with E-state index in [-0.39, 0.29) is 10.6 Å². The van der Waals surface area contributed by atoms with Crippen LogP contribution in [0.2, 0.25) is 0 Å². The minimum absolute atomic E-state index is 0.0803. The number of nitriles is 1. The zero-order chi connectivity index (χ0) is 16.4. The molecule has 2 aromatic carbocycles. The summed E-state index contributed by atoms with van der Waals surface area (Å²) in [5, 5.41) is 14.0. The summed E-state index contributed by atoms with van der Waals surface area (Å²) in [4.78, 5) is 0.0803. The van der Waals surface area contributed by atoms with Crippen molar-refractivity contribution in [2.24, 2.45) is 5.73 Å². The highest BCUT2D eigenvalue weighted by atomic mass is 32.1. The van der Waals surface area contributed by atoms with Crippen LogP contribution >= 0.6 is 12.2 Å². The van der Waals surface area contributed by atoms with E-state index in [9.17, 15) is 0 Å². The maximum atomic E-state index is 9.07. The molecule has 3 rings (SSSR count). The Hall–Kier alpha value is -2.97. The third kappa shape index (κ3) is 2.98. The molecule has 0 aliphatic rings. The number of thiocarbonyl (C=S) groups is 1. The Morgan fingerprint density at radius 2 is 2.00 bits per heavy atom. The van der Waals surface area contributed by atoms with Crippen molar-refractivity contribution in [3.05, 3.63) is 59.2 Å². The molecule has 3 aromatic rings. The normalized spacial score (nSPS) is 11.4. The van der Waals surface area contributed by atoms with Gasteiger partial charge >= 0.3 is 0 Å². The molecule has 0 radical (unpaired) electrons. The van der Waals surface area contributed by atoms with Crippen molar-refractivity contribution < 1.29 is 4.52 Å². The summed E-state index contributed by atoms with van der Waals surface area (Å²) in [6.45, 7) is 2.03. The van der Waals surface area contributed by atoms with Gasteiger partial charge in [-0.15, -0.1) is 0 Å². The predicted octanol–water partition coefficient (Wildman–Crippen LogP) is 4.00. The highest BCUT2D eigenvalue weighted by Gasteiger charge is 2.11. The molecule has 0 unspecified atom stereocenters. The lowest BCUT2D eigenvalue weighted by Crippen LogP contribution is -2.09. The van der Waals surface area contributed by atoms with Gasteiger partial charge in [0.25, 0.3) is 0 Å². The molecule has 0 bridgehead atoms. The number of aryl methyl sites for hydroxylation is 1. The van der Waals surface area contributed by atoms with Gasteiger partial charge < -0.3 is 10.3 Å².